The zero-order chi connectivity index (χ0) is 19.6. The highest BCUT2D eigenvalue weighted by Gasteiger charge is 2.47. The van der Waals surface area contributed by atoms with Crippen LogP contribution in [0.4, 0.5) is 0 Å². The SMILES string of the molecule is CCC1(CC)CC(=O)N(C[C@H]2C[C@@H]2C(=O)N[C@@H](C)c2ccccc2)C(=N)N1. The summed E-state index contributed by atoms with van der Waals surface area (Å²) in [5, 5.41) is 14.5. The van der Waals surface area contributed by atoms with Crippen molar-refractivity contribution in [1.29, 1.82) is 5.41 Å². The van der Waals surface area contributed by atoms with Crippen molar-refractivity contribution in [3.8, 4) is 0 Å². The standard InChI is InChI=1S/C21H30N4O2/c1-4-21(5-2)12-18(26)25(20(22)24-21)13-16-11-17(16)19(27)23-14(3)15-9-7-6-8-10-15/h6-10,14,16-17H,4-5,11-13H2,1-3H3,(H2,22,24)(H,23,27)/t14-,16+,17-/m0/s1. The quantitative estimate of drug-likeness (QED) is 0.690. The summed E-state index contributed by atoms with van der Waals surface area (Å²) in [7, 11) is 0. The van der Waals surface area contributed by atoms with Crippen LogP contribution in [0.3, 0.4) is 0 Å². The maximum atomic E-state index is 12.6. The van der Waals surface area contributed by atoms with Crippen LogP contribution in [0.1, 0.15) is 58.1 Å². The zero-order valence-electron chi connectivity index (χ0n) is 16.4. The molecular formula is C21H30N4O2. The number of carbonyl (C=O) groups excluding carboxylic acids is 2. The molecule has 2 aliphatic rings. The third-order valence-corrected chi connectivity index (χ3v) is 6.13. The Kier molecular flexibility index (Phi) is 5.53. The van der Waals surface area contributed by atoms with Crippen molar-refractivity contribution in [3.05, 3.63) is 35.9 Å². The molecule has 1 aromatic carbocycles. The van der Waals surface area contributed by atoms with Crippen molar-refractivity contribution in [3.63, 3.8) is 0 Å². The maximum absolute atomic E-state index is 12.6. The second-order valence-corrected chi connectivity index (χ2v) is 7.89. The van der Waals surface area contributed by atoms with Gasteiger partial charge in [-0.05, 0) is 37.7 Å². The van der Waals surface area contributed by atoms with E-state index in [0.717, 1.165) is 24.8 Å². The third kappa shape index (κ3) is 4.15. The van der Waals surface area contributed by atoms with Gasteiger partial charge in [0, 0.05) is 18.0 Å². The van der Waals surface area contributed by atoms with Crippen molar-refractivity contribution < 1.29 is 9.59 Å². The van der Waals surface area contributed by atoms with E-state index in [4.69, 9.17) is 5.41 Å². The number of hydrogen-bond acceptors (Lipinski definition) is 3. The molecule has 3 N–H and O–H groups in total. The second kappa shape index (κ2) is 7.71. The summed E-state index contributed by atoms with van der Waals surface area (Å²) in [6.07, 6.45) is 2.82. The first-order chi connectivity index (χ1) is 12.9. The van der Waals surface area contributed by atoms with Crippen LogP contribution in [0.25, 0.3) is 0 Å². The van der Waals surface area contributed by atoms with Crippen LogP contribution in [0.2, 0.25) is 0 Å². The van der Waals surface area contributed by atoms with Crippen LogP contribution in [-0.2, 0) is 9.59 Å². The molecule has 0 aromatic heterocycles. The van der Waals surface area contributed by atoms with Gasteiger partial charge in [-0.2, -0.15) is 0 Å². The topological polar surface area (TPSA) is 85.3 Å². The zero-order valence-corrected chi connectivity index (χ0v) is 16.4. The summed E-state index contributed by atoms with van der Waals surface area (Å²) in [5.74, 6) is 0.275. The van der Waals surface area contributed by atoms with Crippen molar-refractivity contribution in [2.24, 2.45) is 11.8 Å². The van der Waals surface area contributed by atoms with E-state index in [-0.39, 0.29) is 41.2 Å². The molecule has 0 radical (unpaired) electrons. The minimum Gasteiger partial charge on any atom is -0.350 e. The molecule has 3 rings (SSSR count). The van der Waals surface area contributed by atoms with Crippen LogP contribution in [0.5, 0.6) is 0 Å². The molecule has 2 fully saturated rings. The summed E-state index contributed by atoms with van der Waals surface area (Å²) in [6, 6.07) is 9.85. The summed E-state index contributed by atoms with van der Waals surface area (Å²) in [6.45, 7) is 6.52. The molecule has 2 amide bonds. The predicted molar refractivity (Wildman–Crippen MR) is 105 cm³/mol. The fourth-order valence-corrected chi connectivity index (χ4v) is 3.89. The minimum absolute atomic E-state index is 0.00818. The van der Waals surface area contributed by atoms with E-state index in [1.165, 1.54) is 4.90 Å². The third-order valence-electron chi connectivity index (χ3n) is 6.13. The molecule has 0 bridgehead atoms. The Labute approximate surface area is 161 Å². The summed E-state index contributed by atoms with van der Waals surface area (Å²) < 4.78 is 0. The van der Waals surface area contributed by atoms with E-state index < -0.39 is 0 Å². The molecule has 1 aliphatic heterocycles. The van der Waals surface area contributed by atoms with E-state index in [1.807, 2.05) is 51.1 Å². The van der Waals surface area contributed by atoms with Crippen molar-refractivity contribution >= 4 is 17.8 Å². The number of hydrogen-bond donors (Lipinski definition) is 3. The Morgan fingerprint density at radius 2 is 2.00 bits per heavy atom. The monoisotopic (exact) mass is 370 g/mol. The van der Waals surface area contributed by atoms with Gasteiger partial charge in [0.25, 0.3) is 0 Å². The van der Waals surface area contributed by atoms with Crippen LogP contribution < -0.4 is 10.6 Å². The molecule has 0 unspecified atom stereocenters. The summed E-state index contributed by atoms with van der Waals surface area (Å²) in [5.41, 5.74) is 0.784. The van der Waals surface area contributed by atoms with Gasteiger partial charge in [0.15, 0.2) is 5.96 Å². The lowest BCUT2D eigenvalue weighted by atomic mass is 9.87. The number of benzene rings is 1. The molecular weight excluding hydrogens is 340 g/mol. The van der Waals surface area contributed by atoms with E-state index in [9.17, 15) is 9.59 Å². The van der Waals surface area contributed by atoms with Gasteiger partial charge in [-0.3, -0.25) is 19.9 Å². The molecule has 1 heterocycles. The first kappa shape index (κ1) is 19.4. The van der Waals surface area contributed by atoms with Crippen LogP contribution in [-0.4, -0.2) is 34.8 Å². The molecule has 1 saturated heterocycles. The highest BCUT2D eigenvalue weighted by atomic mass is 16.2. The minimum atomic E-state index is -0.296. The fraction of sp³-hybridized carbons (Fsp3) is 0.571. The van der Waals surface area contributed by atoms with E-state index in [2.05, 4.69) is 10.6 Å². The van der Waals surface area contributed by atoms with Gasteiger partial charge >= 0.3 is 0 Å². The van der Waals surface area contributed by atoms with Gasteiger partial charge in [-0.25, -0.2) is 0 Å². The normalized spacial score (nSPS) is 24.9. The Balaban J connectivity index is 1.53. The van der Waals surface area contributed by atoms with Gasteiger partial charge in [0.2, 0.25) is 11.8 Å². The van der Waals surface area contributed by atoms with E-state index >= 15 is 0 Å². The predicted octanol–water partition coefficient (Wildman–Crippen LogP) is 2.82. The Hall–Kier alpha value is -2.37. The van der Waals surface area contributed by atoms with Gasteiger partial charge in [-0.1, -0.05) is 44.2 Å². The number of rotatable bonds is 7. The molecule has 3 atom stereocenters. The lowest BCUT2D eigenvalue weighted by Gasteiger charge is -2.42. The van der Waals surface area contributed by atoms with E-state index in [1.54, 1.807) is 0 Å². The Bertz CT molecular complexity index is 694. The lowest BCUT2D eigenvalue weighted by molar-refractivity contribution is -0.131. The number of nitrogens with zero attached hydrogens (tertiary/aromatic N) is 1. The van der Waals surface area contributed by atoms with Crippen LogP contribution >= 0.6 is 0 Å². The molecule has 6 heteroatoms. The average molecular weight is 370 g/mol. The molecule has 146 valence electrons. The van der Waals surface area contributed by atoms with Crippen molar-refractivity contribution in [1.82, 2.24) is 15.5 Å². The number of nitrogens with one attached hydrogen (secondary N) is 3. The van der Waals surface area contributed by atoms with Gasteiger partial charge in [0.05, 0.1) is 12.5 Å². The van der Waals surface area contributed by atoms with Gasteiger partial charge in [-0.15, -0.1) is 0 Å². The largest absolute Gasteiger partial charge is 0.350 e. The molecule has 1 aliphatic carbocycles. The summed E-state index contributed by atoms with van der Waals surface area (Å²) in [4.78, 5) is 26.6. The molecule has 6 nitrogen and oxygen atoms in total. The number of amides is 2. The first-order valence-corrected chi connectivity index (χ1v) is 9.91. The van der Waals surface area contributed by atoms with E-state index in [0.29, 0.717) is 13.0 Å². The van der Waals surface area contributed by atoms with Crippen LogP contribution in [0, 0.1) is 17.2 Å². The van der Waals surface area contributed by atoms with Gasteiger partial charge in [0.1, 0.15) is 0 Å². The van der Waals surface area contributed by atoms with Crippen molar-refractivity contribution in [2.45, 2.75) is 58.0 Å². The molecule has 1 saturated carbocycles. The number of carbonyl (C=O) groups is 2. The number of guanidine groups is 1. The van der Waals surface area contributed by atoms with Gasteiger partial charge < -0.3 is 10.6 Å². The van der Waals surface area contributed by atoms with Crippen LogP contribution in [0.15, 0.2) is 30.3 Å². The smallest absolute Gasteiger partial charge is 0.231 e. The highest BCUT2D eigenvalue weighted by molar-refractivity contribution is 5.99. The van der Waals surface area contributed by atoms with Crippen molar-refractivity contribution in [2.75, 3.05) is 6.54 Å². The summed E-state index contributed by atoms with van der Waals surface area (Å²) >= 11 is 0. The molecule has 1 aromatic rings. The Morgan fingerprint density at radius 1 is 1.33 bits per heavy atom. The molecule has 27 heavy (non-hydrogen) atoms. The maximum Gasteiger partial charge on any atom is 0.231 e. The lowest BCUT2D eigenvalue weighted by Crippen LogP contribution is -2.62. The fourth-order valence-electron chi connectivity index (χ4n) is 3.89. The first-order valence-electron chi connectivity index (χ1n) is 9.91. The second-order valence-electron chi connectivity index (χ2n) is 7.89. The average Bonchev–Trinajstić information content (AvgIpc) is 3.44. The molecule has 0 spiro atoms. The highest BCUT2D eigenvalue weighted by Crippen LogP contribution is 2.40. The Morgan fingerprint density at radius 3 is 2.59 bits per heavy atom.